The Labute approximate surface area is 126 Å². The van der Waals surface area contributed by atoms with E-state index in [4.69, 9.17) is 9.47 Å². The predicted octanol–water partition coefficient (Wildman–Crippen LogP) is 1.95. The van der Waals surface area contributed by atoms with Crippen LogP contribution >= 0.6 is 0 Å². The fourth-order valence-electron chi connectivity index (χ4n) is 2.25. The quantitative estimate of drug-likeness (QED) is 0.789. The van der Waals surface area contributed by atoms with Crippen LogP contribution in [-0.4, -0.2) is 52.5 Å². The molecule has 0 aromatic carbocycles. The van der Waals surface area contributed by atoms with Gasteiger partial charge in [0.1, 0.15) is 17.2 Å². The van der Waals surface area contributed by atoms with E-state index in [0.29, 0.717) is 13.0 Å². The Balaban J connectivity index is 2.88. The van der Waals surface area contributed by atoms with E-state index in [9.17, 15) is 14.7 Å². The molecule has 0 aromatic heterocycles. The number of carbonyl (C=O) groups is 2. The van der Waals surface area contributed by atoms with Gasteiger partial charge in [0.15, 0.2) is 0 Å². The van der Waals surface area contributed by atoms with Crippen LogP contribution in [0.2, 0.25) is 0 Å². The van der Waals surface area contributed by atoms with Gasteiger partial charge in [-0.3, -0.25) is 4.90 Å². The number of aliphatic hydroxyl groups is 1. The number of hydrogen-bond donors (Lipinski definition) is 1. The molecule has 6 nitrogen and oxygen atoms in total. The lowest BCUT2D eigenvalue weighted by molar-refractivity contribution is -0.162. The zero-order valence-electron chi connectivity index (χ0n) is 13.8. The molecule has 1 saturated heterocycles. The van der Waals surface area contributed by atoms with Gasteiger partial charge < -0.3 is 14.6 Å². The van der Waals surface area contributed by atoms with Crippen LogP contribution in [0.1, 0.15) is 48.0 Å². The fourth-order valence-corrected chi connectivity index (χ4v) is 2.25. The van der Waals surface area contributed by atoms with Gasteiger partial charge in [-0.2, -0.15) is 0 Å². The maximum atomic E-state index is 12.3. The van der Waals surface area contributed by atoms with Crippen LogP contribution in [0.4, 0.5) is 4.79 Å². The third-order valence-electron chi connectivity index (χ3n) is 3.03. The number of rotatable bonds is 2. The first-order chi connectivity index (χ1) is 9.44. The van der Waals surface area contributed by atoms with E-state index in [2.05, 4.69) is 0 Å². The molecule has 0 unspecified atom stereocenters. The molecule has 0 bridgehead atoms. The van der Waals surface area contributed by atoms with Crippen molar-refractivity contribution in [3.05, 3.63) is 0 Å². The van der Waals surface area contributed by atoms with E-state index in [1.165, 1.54) is 4.90 Å². The SMILES string of the molecule is CC(C)(C)OC(=O)[C@@H]1[C@@H](CO)CCN1C(=O)OC(C)(C)C. The summed E-state index contributed by atoms with van der Waals surface area (Å²) in [5.74, 6) is -0.808. The molecule has 0 aromatic rings. The molecule has 2 atom stereocenters. The summed E-state index contributed by atoms with van der Waals surface area (Å²) in [6, 6.07) is -0.788. The van der Waals surface area contributed by atoms with Gasteiger partial charge >= 0.3 is 12.1 Å². The molecular weight excluding hydrogens is 274 g/mol. The first-order valence-corrected chi connectivity index (χ1v) is 7.28. The Morgan fingerprint density at radius 1 is 1.10 bits per heavy atom. The second-order valence-corrected chi connectivity index (χ2v) is 7.38. The van der Waals surface area contributed by atoms with Crippen molar-refractivity contribution in [3.63, 3.8) is 0 Å². The lowest BCUT2D eigenvalue weighted by Gasteiger charge is -2.31. The van der Waals surface area contributed by atoms with Crippen molar-refractivity contribution < 1.29 is 24.2 Å². The van der Waals surface area contributed by atoms with Gasteiger partial charge in [0.2, 0.25) is 0 Å². The molecule has 1 heterocycles. The Morgan fingerprint density at radius 2 is 1.62 bits per heavy atom. The Morgan fingerprint density at radius 3 is 2.05 bits per heavy atom. The maximum Gasteiger partial charge on any atom is 0.411 e. The highest BCUT2D eigenvalue weighted by molar-refractivity contribution is 5.83. The van der Waals surface area contributed by atoms with Gasteiger partial charge in [-0.15, -0.1) is 0 Å². The van der Waals surface area contributed by atoms with Crippen LogP contribution < -0.4 is 0 Å². The summed E-state index contributed by atoms with van der Waals surface area (Å²) in [7, 11) is 0. The maximum absolute atomic E-state index is 12.3. The van der Waals surface area contributed by atoms with E-state index in [1.807, 2.05) is 0 Å². The first-order valence-electron chi connectivity index (χ1n) is 7.28. The summed E-state index contributed by atoms with van der Waals surface area (Å²) in [6.07, 6.45) is 0.00827. The largest absolute Gasteiger partial charge is 0.458 e. The van der Waals surface area contributed by atoms with Crippen molar-refractivity contribution in [2.24, 2.45) is 5.92 Å². The van der Waals surface area contributed by atoms with Gasteiger partial charge in [0.25, 0.3) is 0 Å². The van der Waals surface area contributed by atoms with Gasteiger partial charge in [-0.05, 0) is 48.0 Å². The van der Waals surface area contributed by atoms with Crippen molar-refractivity contribution in [2.75, 3.05) is 13.2 Å². The van der Waals surface area contributed by atoms with Crippen LogP contribution in [-0.2, 0) is 14.3 Å². The zero-order valence-corrected chi connectivity index (χ0v) is 13.8. The van der Waals surface area contributed by atoms with Crippen LogP contribution in [0.5, 0.6) is 0 Å². The average molecular weight is 301 g/mol. The summed E-state index contributed by atoms with van der Waals surface area (Å²) >= 11 is 0. The van der Waals surface area contributed by atoms with Gasteiger partial charge in [-0.1, -0.05) is 0 Å². The van der Waals surface area contributed by atoms with E-state index < -0.39 is 29.3 Å². The smallest absolute Gasteiger partial charge is 0.411 e. The van der Waals surface area contributed by atoms with Crippen molar-refractivity contribution in [1.82, 2.24) is 4.90 Å². The molecule has 0 aliphatic carbocycles. The highest BCUT2D eigenvalue weighted by atomic mass is 16.6. The number of esters is 1. The molecule has 0 spiro atoms. The van der Waals surface area contributed by atoms with Gasteiger partial charge in [0.05, 0.1) is 0 Å². The molecule has 1 N–H and O–H groups in total. The molecule has 1 aliphatic rings. The number of carbonyl (C=O) groups excluding carboxylic acids is 2. The van der Waals surface area contributed by atoms with Crippen molar-refractivity contribution in [1.29, 1.82) is 0 Å². The molecule has 122 valence electrons. The fraction of sp³-hybridized carbons (Fsp3) is 0.867. The number of ether oxygens (including phenoxy) is 2. The van der Waals surface area contributed by atoms with E-state index in [0.717, 1.165) is 0 Å². The lowest BCUT2D eigenvalue weighted by atomic mass is 10.0. The Bertz CT molecular complexity index is 394. The van der Waals surface area contributed by atoms with E-state index in [1.54, 1.807) is 41.5 Å². The highest BCUT2D eigenvalue weighted by Gasteiger charge is 2.45. The van der Waals surface area contributed by atoms with Crippen LogP contribution in [0, 0.1) is 5.92 Å². The predicted molar refractivity (Wildman–Crippen MR) is 77.8 cm³/mol. The number of nitrogens with zero attached hydrogens (tertiary/aromatic N) is 1. The first kappa shape index (κ1) is 17.8. The second kappa shape index (κ2) is 6.22. The van der Waals surface area contributed by atoms with Crippen molar-refractivity contribution in [3.8, 4) is 0 Å². The third-order valence-corrected chi connectivity index (χ3v) is 3.03. The van der Waals surface area contributed by atoms with Crippen LogP contribution in [0.3, 0.4) is 0 Å². The Kier molecular flexibility index (Phi) is 5.25. The van der Waals surface area contributed by atoms with Crippen molar-refractivity contribution >= 4 is 12.1 Å². The number of aliphatic hydroxyl groups excluding tert-OH is 1. The van der Waals surface area contributed by atoms with Gasteiger partial charge in [-0.25, -0.2) is 9.59 Å². The summed E-state index contributed by atoms with van der Waals surface area (Å²) < 4.78 is 10.7. The molecule has 0 radical (unpaired) electrons. The summed E-state index contributed by atoms with van der Waals surface area (Å²) in [5, 5.41) is 9.43. The zero-order chi connectivity index (χ0) is 16.4. The minimum Gasteiger partial charge on any atom is -0.458 e. The molecular formula is C15H27NO5. The number of amides is 1. The minimum absolute atomic E-state index is 0.163. The minimum atomic E-state index is -0.788. The third kappa shape index (κ3) is 5.19. The molecule has 6 heteroatoms. The molecule has 1 fully saturated rings. The monoisotopic (exact) mass is 301 g/mol. The molecule has 1 amide bonds. The molecule has 1 aliphatic heterocycles. The highest BCUT2D eigenvalue weighted by Crippen LogP contribution is 2.28. The van der Waals surface area contributed by atoms with E-state index in [-0.39, 0.29) is 12.5 Å². The number of likely N-dealkylation sites (tertiary alicyclic amines) is 1. The van der Waals surface area contributed by atoms with Gasteiger partial charge in [0, 0.05) is 19.1 Å². The lowest BCUT2D eigenvalue weighted by Crippen LogP contribution is -2.48. The van der Waals surface area contributed by atoms with Crippen molar-refractivity contribution in [2.45, 2.75) is 65.2 Å². The topological polar surface area (TPSA) is 76.1 Å². The molecule has 21 heavy (non-hydrogen) atoms. The van der Waals surface area contributed by atoms with Crippen LogP contribution in [0.15, 0.2) is 0 Å². The summed E-state index contributed by atoms with van der Waals surface area (Å²) in [4.78, 5) is 25.9. The van der Waals surface area contributed by atoms with E-state index >= 15 is 0 Å². The summed E-state index contributed by atoms with van der Waals surface area (Å²) in [6.45, 7) is 10.8. The normalized spacial score (nSPS) is 23.1. The molecule has 1 rings (SSSR count). The second-order valence-electron chi connectivity index (χ2n) is 7.38. The number of hydrogen-bond acceptors (Lipinski definition) is 5. The standard InChI is InChI=1S/C15H27NO5/c1-14(2,3)20-12(18)11-10(9-17)7-8-16(11)13(19)21-15(4,5)6/h10-11,17H,7-9H2,1-6H3/t10-,11+/m1/s1. The average Bonchev–Trinajstić information content (AvgIpc) is 2.67. The molecule has 0 saturated carbocycles. The van der Waals surface area contributed by atoms with Crippen LogP contribution in [0.25, 0.3) is 0 Å². The summed E-state index contributed by atoms with van der Waals surface area (Å²) in [5.41, 5.74) is -1.27. The Hall–Kier alpha value is -1.30.